The molecule has 0 bridgehead atoms. The summed E-state index contributed by atoms with van der Waals surface area (Å²) in [6.07, 6.45) is 2.52. The van der Waals surface area contributed by atoms with Gasteiger partial charge in [0.1, 0.15) is 0 Å². The number of amides is 1. The summed E-state index contributed by atoms with van der Waals surface area (Å²) >= 11 is 0. The van der Waals surface area contributed by atoms with Crippen molar-refractivity contribution in [3.05, 3.63) is 0 Å². The maximum absolute atomic E-state index is 11.4. The summed E-state index contributed by atoms with van der Waals surface area (Å²) in [5, 5.41) is 0. The van der Waals surface area contributed by atoms with Crippen LogP contribution >= 0.6 is 0 Å². The van der Waals surface area contributed by atoms with Gasteiger partial charge in [0.05, 0.1) is 6.54 Å². The second-order valence-electron chi connectivity index (χ2n) is 4.03. The Morgan fingerprint density at radius 3 is 2.92 bits per heavy atom. The second-order valence-corrected chi connectivity index (χ2v) is 4.03. The van der Waals surface area contributed by atoms with Gasteiger partial charge in [0.2, 0.25) is 5.91 Å². The fraction of sp³-hybridized carbons (Fsp3) is 0.889. The number of fused-ring (bicyclic) bond motifs is 1. The van der Waals surface area contributed by atoms with Crippen molar-refractivity contribution in [1.29, 1.82) is 0 Å². The largest absolute Gasteiger partial charge is 0.343 e. The standard InChI is InChI=1S/C9H16N2O/c1-7-3-4-8-5-10(2)9(12)6-11(7)8/h7-8H,3-6H2,1-2H3/t7-,8-/m0/s1. The molecule has 0 N–H and O–H groups in total. The van der Waals surface area contributed by atoms with E-state index in [1.807, 2.05) is 11.9 Å². The van der Waals surface area contributed by atoms with Gasteiger partial charge in [0, 0.05) is 25.7 Å². The van der Waals surface area contributed by atoms with Crippen LogP contribution in [0, 0.1) is 0 Å². The van der Waals surface area contributed by atoms with Crippen molar-refractivity contribution in [1.82, 2.24) is 9.80 Å². The number of piperazine rings is 1. The molecule has 2 rings (SSSR count). The summed E-state index contributed by atoms with van der Waals surface area (Å²) in [5.41, 5.74) is 0. The highest BCUT2D eigenvalue weighted by Gasteiger charge is 2.37. The van der Waals surface area contributed by atoms with E-state index in [-0.39, 0.29) is 5.91 Å². The van der Waals surface area contributed by atoms with Crippen LogP contribution < -0.4 is 0 Å². The normalized spacial score (nSPS) is 37.2. The molecule has 0 aliphatic carbocycles. The molecular weight excluding hydrogens is 152 g/mol. The summed E-state index contributed by atoms with van der Waals surface area (Å²) in [5.74, 6) is 0.278. The van der Waals surface area contributed by atoms with Crippen LogP contribution in [0.2, 0.25) is 0 Å². The number of hydrogen-bond acceptors (Lipinski definition) is 2. The molecule has 0 radical (unpaired) electrons. The minimum atomic E-state index is 0.278. The molecule has 2 aliphatic rings. The van der Waals surface area contributed by atoms with Crippen LogP contribution in [0.25, 0.3) is 0 Å². The van der Waals surface area contributed by atoms with Crippen molar-refractivity contribution in [2.24, 2.45) is 0 Å². The number of hydrogen-bond donors (Lipinski definition) is 0. The van der Waals surface area contributed by atoms with E-state index in [1.165, 1.54) is 12.8 Å². The highest BCUT2D eigenvalue weighted by atomic mass is 16.2. The molecule has 0 aromatic rings. The Kier molecular flexibility index (Phi) is 1.83. The van der Waals surface area contributed by atoms with Gasteiger partial charge >= 0.3 is 0 Å². The van der Waals surface area contributed by atoms with E-state index >= 15 is 0 Å². The molecule has 2 fully saturated rings. The third kappa shape index (κ3) is 1.12. The SMILES string of the molecule is C[C@H]1CC[C@H]2CN(C)C(=O)CN21. The number of carbonyl (C=O) groups is 1. The van der Waals surface area contributed by atoms with Crippen molar-refractivity contribution in [2.45, 2.75) is 31.8 Å². The first-order valence-electron chi connectivity index (χ1n) is 4.68. The summed E-state index contributed by atoms with van der Waals surface area (Å²) in [6.45, 7) is 3.80. The zero-order valence-electron chi connectivity index (χ0n) is 7.79. The van der Waals surface area contributed by atoms with Crippen LogP contribution in [0.3, 0.4) is 0 Å². The smallest absolute Gasteiger partial charge is 0.236 e. The highest BCUT2D eigenvalue weighted by molar-refractivity contribution is 5.79. The maximum Gasteiger partial charge on any atom is 0.236 e. The molecule has 3 heteroatoms. The van der Waals surface area contributed by atoms with Crippen molar-refractivity contribution in [2.75, 3.05) is 20.1 Å². The van der Waals surface area contributed by atoms with Crippen LogP contribution in [0.1, 0.15) is 19.8 Å². The Hall–Kier alpha value is -0.570. The number of likely N-dealkylation sites (N-methyl/N-ethyl adjacent to an activating group) is 1. The molecule has 3 nitrogen and oxygen atoms in total. The van der Waals surface area contributed by atoms with Crippen LogP contribution in [-0.4, -0.2) is 47.9 Å². The fourth-order valence-electron chi connectivity index (χ4n) is 2.30. The van der Waals surface area contributed by atoms with Crippen molar-refractivity contribution in [3.8, 4) is 0 Å². The predicted octanol–water partition coefficient (Wildman–Crippen LogP) is 0.311. The van der Waals surface area contributed by atoms with Crippen LogP contribution in [0.15, 0.2) is 0 Å². The Morgan fingerprint density at radius 1 is 1.42 bits per heavy atom. The van der Waals surface area contributed by atoms with E-state index < -0.39 is 0 Å². The number of rotatable bonds is 0. The molecule has 0 aromatic heterocycles. The van der Waals surface area contributed by atoms with Crippen molar-refractivity contribution >= 4 is 5.91 Å². The lowest BCUT2D eigenvalue weighted by Crippen LogP contribution is -2.53. The topological polar surface area (TPSA) is 23.6 Å². The van der Waals surface area contributed by atoms with Gasteiger partial charge in [-0.3, -0.25) is 9.69 Å². The van der Waals surface area contributed by atoms with Crippen LogP contribution in [0.4, 0.5) is 0 Å². The van der Waals surface area contributed by atoms with E-state index in [0.717, 1.165) is 6.54 Å². The molecule has 0 saturated carbocycles. The molecule has 2 atom stereocenters. The first-order chi connectivity index (χ1) is 5.68. The zero-order valence-corrected chi connectivity index (χ0v) is 7.79. The Labute approximate surface area is 73.3 Å². The van der Waals surface area contributed by atoms with E-state index in [9.17, 15) is 4.79 Å². The summed E-state index contributed by atoms with van der Waals surface area (Å²) < 4.78 is 0. The van der Waals surface area contributed by atoms with Crippen molar-refractivity contribution < 1.29 is 4.79 Å². The Morgan fingerprint density at radius 2 is 2.17 bits per heavy atom. The van der Waals surface area contributed by atoms with Gasteiger partial charge in [-0.05, 0) is 19.8 Å². The van der Waals surface area contributed by atoms with Gasteiger partial charge in [-0.15, -0.1) is 0 Å². The third-order valence-electron chi connectivity index (χ3n) is 3.18. The Bertz CT molecular complexity index is 205. The van der Waals surface area contributed by atoms with Gasteiger partial charge in [0.15, 0.2) is 0 Å². The van der Waals surface area contributed by atoms with E-state index in [0.29, 0.717) is 18.6 Å². The molecule has 2 saturated heterocycles. The molecule has 2 aliphatic heterocycles. The minimum absolute atomic E-state index is 0.278. The number of carbonyl (C=O) groups excluding carboxylic acids is 1. The minimum Gasteiger partial charge on any atom is -0.343 e. The maximum atomic E-state index is 11.4. The van der Waals surface area contributed by atoms with E-state index in [1.54, 1.807) is 0 Å². The lowest BCUT2D eigenvalue weighted by atomic mass is 10.2. The quantitative estimate of drug-likeness (QED) is 0.520. The summed E-state index contributed by atoms with van der Waals surface area (Å²) in [4.78, 5) is 15.6. The highest BCUT2D eigenvalue weighted by Crippen LogP contribution is 2.26. The van der Waals surface area contributed by atoms with Gasteiger partial charge < -0.3 is 4.90 Å². The molecule has 0 unspecified atom stereocenters. The lowest BCUT2D eigenvalue weighted by Gasteiger charge is -2.36. The fourth-order valence-corrected chi connectivity index (χ4v) is 2.30. The van der Waals surface area contributed by atoms with Gasteiger partial charge in [0.25, 0.3) is 0 Å². The second kappa shape index (κ2) is 2.73. The molecule has 0 aromatic carbocycles. The Balaban J connectivity index is 2.09. The molecule has 2 heterocycles. The molecule has 68 valence electrons. The van der Waals surface area contributed by atoms with Gasteiger partial charge in [-0.1, -0.05) is 0 Å². The van der Waals surface area contributed by atoms with Crippen LogP contribution in [-0.2, 0) is 4.79 Å². The predicted molar refractivity (Wildman–Crippen MR) is 46.8 cm³/mol. The molecule has 12 heavy (non-hydrogen) atoms. The third-order valence-corrected chi connectivity index (χ3v) is 3.18. The van der Waals surface area contributed by atoms with Crippen LogP contribution in [0.5, 0.6) is 0 Å². The lowest BCUT2D eigenvalue weighted by molar-refractivity contribution is -0.136. The summed E-state index contributed by atoms with van der Waals surface area (Å²) in [7, 11) is 1.91. The summed E-state index contributed by atoms with van der Waals surface area (Å²) in [6, 6.07) is 1.26. The molecular formula is C9H16N2O. The van der Waals surface area contributed by atoms with E-state index in [4.69, 9.17) is 0 Å². The van der Waals surface area contributed by atoms with Gasteiger partial charge in [-0.25, -0.2) is 0 Å². The average Bonchev–Trinajstić information content (AvgIpc) is 2.35. The first kappa shape index (κ1) is 8.05. The average molecular weight is 168 g/mol. The van der Waals surface area contributed by atoms with E-state index in [2.05, 4.69) is 11.8 Å². The van der Waals surface area contributed by atoms with Crippen molar-refractivity contribution in [3.63, 3.8) is 0 Å². The molecule has 0 spiro atoms. The monoisotopic (exact) mass is 168 g/mol. The zero-order chi connectivity index (χ0) is 8.72. The first-order valence-corrected chi connectivity index (χ1v) is 4.68. The molecule has 1 amide bonds. The van der Waals surface area contributed by atoms with Gasteiger partial charge in [-0.2, -0.15) is 0 Å². The number of nitrogens with zero attached hydrogens (tertiary/aromatic N) is 2.